The fourth-order valence-electron chi connectivity index (χ4n) is 3.51. The van der Waals surface area contributed by atoms with Crippen molar-refractivity contribution in [1.82, 2.24) is 16.0 Å². The van der Waals surface area contributed by atoms with Gasteiger partial charge in [-0.2, -0.15) is 0 Å². The number of guanidine groups is 1. The molecule has 1 unspecified atom stereocenters. The van der Waals surface area contributed by atoms with Gasteiger partial charge in [-0.1, -0.05) is 30.3 Å². The van der Waals surface area contributed by atoms with E-state index in [1.165, 1.54) is 5.69 Å². The van der Waals surface area contributed by atoms with Crippen molar-refractivity contribution in [2.45, 2.75) is 32.9 Å². The molecule has 1 aliphatic heterocycles. The molecule has 3 N–H and O–H groups in total. The summed E-state index contributed by atoms with van der Waals surface area (Å²) in [6.07, 6.45) is 1.08. The number of para-hydroxylation sites is 1. The molecule has 1 saturated heterocycles. The second-order valence-corrected chi connectivity index (χ2v) is 7.17. The molecule has 154 valence electrons. The van der Waals surface area contributed by atoms with Crippen LogP contribution in [-0.4, -0.2) is 44.1 Å². The number of aliphatic imine (C=N–C) groups is 1. The van der Waals surface area contributed by atoms with Crippen molar-refractivity contribution in [3.8, 4) is 0 Å². The van der Waals surface area contributed by atoms with Crippen LogP contribution in [0.3, 0.4) is 0 Å². The first kappa shape index (κ1) is 20.7. The summed E-state index contributed by atoms with van der Waals surface area (Å²) in [5, 5.41) is 9.73. The minimum Gasteiger partial charge on any atom is -0.369 e. The molecule has 29 heavy (non-hydrogen) atoms. The van der Waals surface area contributed by atoms with E-state index in [0.717, 1.165) is 37.6 Å². The fourth-order valence-corrected chi connectivity index (χ4v) is 3.51. The third-order valence-electron chi connectivity index (χ3n) is 4.94. The average molecular weight is 394 g/mol. The number of carbonyl (C=O) groups excluding carboxylic acids is 1. The molecule has 0 saturated carbocycles. The summed E-state index contributed by atoms with van der Waals surface area (Å²) in [6, 6.07) is 18.5. The van der Waals surface area contributed by atoms with Crippen molar-refractivity contribution < 1.29 is 4.79 Å². The summed E-state index contributed by atoms with van der Waals surface area (Å²) >= 11 is 0. The van der Waals surface area contributed by atoms with Gasteiger partial charge in [0.1, 0.15) is 0 Å². The Morgan fingerprint density at radius 3 is 2.62 bits per heavy atom. The molecule has 0 radical (unpaired) electrons. The van der Waals surface area contributed by atoms with Crippen LogP contribution in [0.15, 0.2) is 59.6 Å². The van der Waals surface area contributed by atoms with E-state index in [2.05, 4.69) is 52.0 Å². The van der Waals surface area contributed by atoms with Crippen LogP contribution in [0.4, 0.5) is 5.69 Å². The van der Waals surface area contributed by atoms with Crippen molar-refractivity contribution in [2.75, 3.05) is 31.1 Å². The number of anilines is 1. The molecule has 6 heteroatoms. The van der Waals surface area contributed by atoms with Crippen LogP contribution in [0.1, 0.15) is 36.2 Å². The van der Waals surface area contributed by atoms with Crippen molar-refractivity contribution >= 4 is 17.6 Å². The van der Waals surface area contributed by atoms with Crippen LogP contribution < -0.4 is 20.9 Å². The number of hydrogen-bond donors (Lipinski definition) is 3. The normalized spacial score (nSPS) is 16.6. The molecule has 3 rings (SSSR count). The first-order valence-corrected chi connectivity index (χ1v) is 10.4. The molecule has 1 fully saturated rings. The Balaban J connectivity index is 1.60. The second kappa shape index (κ2) is 10.5. The van der Waals surface area contributed by atoms with Gasteiger partial charge in [0.25, 0.3) is 5.91 Å². The molecule has 1 amide bonds. The minimum absolute atomic E-state index is 0.0460. The van der Waals surface area contributed by atoms with Crippen LogP contribution in [0.2, 0.25) is 0 Å². The van der Waals surface area contributed by atoms with Gasteiger partial charge in [0.2, 0.25) is 0 Å². The van der Waals surface area contributed by atoms with E-state index in [9.17, 15) is 4.79 Å². The van der Waals surface area contributed by atoms with Gasteiger partial charge in [-0.25, -0.2) is 4.99 Å². The number of rotatable bonds is 7. The molecule has 0 spiro atoms. The zero-order chi connectivity index (χ0) is 20.5. The van der Waals surface area contributed by atoms with Crippen molar-refractivity contribution in [2.24, 2.45) is 4.99 Å². The molecule has 0 aromatic heterocycles. The highest BCUT2D eigenvalue weighted by Gasteiger charge is 2.23. The van der Waals surface area contributed by atoms with Crippen LogP contribution in [-0.2, 0) is 6.54 Å². The lowest BCUT2D eigenvalue weighted by molar-refractivity contribution is 0.0955. The topological polar surface area (TPSA) is 68.8 Å². The van der Waals surface area contributed by atoms with Gasteiger partial charge in [0.05, 0.1) is 6.54 Å². The Hall–Kier alpha value is -3.02. The number of hydrogen-bond acceptors (Lipinski definition) is 3. The van der Waals surface area contributed by atoms with Crippen LogP contribution in [0, 0.1) is 0 Å². The van der Waals surface area contributed by atoms with E-state index in [-0.39, 0.29) is 5.91 Å². The Morgan fingerprint density at radius 1 is 1.07 bits per heavy atom. The zero-order valence-electron chi connectivity index (χ0n) is 17.3. The van der Waals surface area contributed by atoms with Gasteiger partial charge in [-0.3, -0.25) is 4.79 Å². The van der Waals surface area contributed by atoms with Crippen LogP contribution >= 0.6 is 0 Å². The molecular formula is C23H31N5O. The lowest BCUT2D eigenvalue weighted by atomic mass is 10.1. The van der Waals surface area contributed by atoms with E-state index >= 15 is 0 Å². The van der Waals surface area contributed by atoms with Crippen LogP contribution in [0.5, 0.6) is 0 Å². The van der Waals surface area contributed by atoms with Crippen LogP contribution in [0.25, 0.3) is 0 Å². The van der Waals surface area contributed by atoms with E-state index in [1.807, 2.05) is 37.3 Å². The summed E-state index contributed by atoms with van der Waals surface area (Å²) in [7, 11) is 0. The van der Waals surface area contributed by atoms with Crippen molar-refractivity contribution in [3.63, 3.8) is 0 Å². The highest BCUT2D eigenvalue weighted by atomic mass is 16.1. The number of benzene rings is 2. The summed E-state index contributed by atoms with van der Waals surface area (Å²) in [5.41, 5.74) is 2.95. The lowest BCUT2D eigenvalue weighted by Gasteiger charge is -2.20. The summed E-state index contributed by atoms with van der Waals surface area (Å²) in [6.45, 7) is 7.94. The maximum atomic E-state index is 12.0. The van der Waals surface area contributed by atoms with Crippen molar-refractivity contribution in [1.29, 1.82) is 0 Å². The highest BCUT2D eigenvalue weighted by Crippen LogP contribution is 2.19. The Labute approximate surface area is 173 Å². The van der Waals surface area contributed by atoms with E-state index in [0.29, 0.717) is 24.7 Å². The molecule has 0 bridgehead atoms. The maximum Gasteiger partial charge on any atom is 0.251 e. The molecule has 2 aromatic rings. The van der Waals surface area contributed by atoms with E-state index in [4.69, 9.17) is 4.99 Å². The largest absolute Gasteiger partial charge is 0.369 e. The van der Waals surface area contributed by atoms with Crippen molar-refractivity contribution in [3.05, 3.63) is 65.7 Å². The summed E-state index contributed by atoms with van der Waals surface area (Å²) in [4.78, 5) is 19.2. The molecule has 1 atom stereocenters. The summed E-state index contributed by atoms with van der Waals surface area (Å²) in [5.74, 6) is 0.770. The molecule has 6 nitrogen and oxygen atoms in total. The number of carbonyl (C=O) groups is 1. The monoisotopic (exact) mass is 393 g/mol. The standard InChI is InChI=1S/C23H31N5O/c1-3-24-22(29)19-10-8-9-18(15-19)16-26-23(25-4-2)27-20-13-14-28(17-20)21-11-6-5-7-12-21/h5-12,15,20H,3-4,13-14,16-17H2,1-2H3,(H,24,29)(H2,25,26,27). The molecule has 1 heterocycles. The van der Waals surface area contributed by atoms with E-state index in [1.54, 1.807) is 0 Å². The quantitative estimate of drug-likeness (QED) is 0.500. The van der Waals surface area contributed by atoms with Gasteiger partial charge in [0.15, 0.2) is 5.96 Å². The second-order valence-electron chi connectivity index (χ2n) is 7.17. The van der Waals surface area contributed by atoms with Gasteiger partial charge in [-0.05, 0) is 50.1 Å². The SMILES string of the molecule is CCNC(=O)c1cccc(CN=C(NCC)NC2CCN(c3ccccc3)C2)c1. The third-order valence-corrected chi connectivity index (χ3v) is 4.94. The predicted molar refractivity (Wildman–Crippen MR) is 119 cm³/mol. The predicted octanol–water partition coefficient (Wildman–Crippen LogP) is 2.77. The minimum atomic E-state index is -0.0460. The summed E-state index contributed by atoms with van der Waals surface area (Å²) < 4.78 is 0. The fraction of sp³-hybridized carbons (Fsp3) is 0.391. The molecular weight excluding hydrogens is 362 g/mol. The molecule has 2 aromatic carbocycles. The van der Waals surface area contributed by atoms with Gasteiger partial charge >= 0.3 is 0 Å². The number of nitrogens with zero attached hydrogens (tertiary/aromatic N) is 2. The van der Waals surface area contributed by atoms with Gasteiger partial charge in [-0.15, -0.1) is 0 Å². The first-order chi connectivity index (χ1) is 14.2. The smallest absolute Gasteiger partial charge is 0.251 e. The van der Waals surface area contributed by atoms with Gasteiger partial charge in [0, 0.05) is 43.5 Å². The lowest BCUT2D eigenvalue weighted by Crippen LogP contribution is -2.44. The molecule has 0 aliphatic carbocycles. The first-order valence-electron chi connectivity index (χ1n) is 10.4. The van der Waals surface area contributed by atoms with Gasteiger partial charge < -0.3 is 20.9 Å². The zero-order valence-corrected chi connectivity index (χ0v) is 17.3. The molecule has 1 aliphatic rings. The average Bonchev–Trinajstić information content (AvgIpc) is 3.22. The maximum absolute atomic E-state index is 12.0. The highest BCUT2D eigenvalue weighted by molar-refractivity contribution is 5.94. The Morgan fingerprint density at radius 2 is 1.86 bits per heavy atom. The Bertz CT molecular complexity index is 821. The number of amides is 1. The van der Waals surface area contributed by atoms with E-state index < -0.39 is 0 Å². The Kier molecular flexibility index (Phi) is 7.50. The number of nitrogens with one attached hydrogen (secondary N) is 3. The third kappa shape index (κ3) is 5.98.